The number of hydrogen-bond acceptors (Lipinski definition) is 2. The lowest BCUT2D eigenvalue weighted by Crippen LogP contribution is -2.24. The van der Waals surface area contributed by atoms with Crippen LogP contribution in [-0.4, -0.2) is 38.1 Å². The topological polar surface area (TPSA) is 15.3 Å². The zero-order valence-corrected chi connectivity index (χ0v) is 11.7. The van der Waals surface area contributed by atoms with E-state index in [2.05, 4.69) is 38.0 Å². The predicted molar refractivity (Wildman–Crippen MR) is 71.8 cm³/mol. The summed E-state index contributed by atoms with van der Waals surface area (Å²) in [7, 11) is 2.19. The first-order chi connectivity index (χ1) is 7.50. The molecule has 1 unspecified atom stereocenters. The molecule has 0 radical (unpaired) electrons. The van der Waals surface area contributed by atoms with E-state index in [0.717, 1.165) is 5.92 Å². The summed E-state index contributed by atoms with van der Waals surface area (Å²) in [5, 5.41) is 3.38. The molecule has 0 aliphatic carbocycles. The van der Waals surface area contributed by atoms with Gasteiger partial charge in [-0.2, -0.15) is 0 Å². The van der Waals surface area contributed by atoms with E-state index < -0.39 is 0 Å². The highest BCUT2D eigenvalue weighted by Gasteiger charge is 2.26. The van der Waals surface area contributed by atoms with Gasteiger partial charge in [-0.25, -0.2) is 0 Å². The Hall–Kier alpha value is -0.0800. The van der Waals surface area contributed by atoms with Crippen molar-refractivity contribution in [1.29, 1.82) is 0 Å². The zero-order valence-electron chi connectivity index (χ0n) is 11.7. The first-order valence-corrected chi connectivity index (χ1v) is 6.89. The van der Waals surface area contributed by atoms with Gasteiger partial charge in [-0.15, -0.1) is 0 Å². The molecule has 1 N–H and O–H groups in total. The van der Waals surface area contributed by atoms with Crippen LogP contribution in [0.3, 0.4) is 0 Å². The Morgan fingerprint density at radius 1 is 1.06 bits per heavy atom. The second-order valence-corrected chi connectivity index (χ2v) is 6.42. The van der Waals surface area contributed by atoms with Crippen LogP contribution in [0, 0.1) is 11.3 Å². The first kappa shape index (κ1) is 14.0. The second kappa shape index (κ2) is 6.61. The summed E-state index contributed by atoms with van der Waals surface area (Å²) < 4.78 is 0. The molecule has 96 valence electrons. The lowest BCUT2D eigenvalue weighted by atomic mass is 9.80. The fraction of sp³-hybridized carbons (Fsp3) is 1.00. The monoisotopic (exact) mass is 226 g/mol. The molecule has 0 amide bonds. The van der Waals surface area contributed by atoms with E-state index in [9.17, 15) is 0 Å². The van der Waals surface area contributed by atoms with Crippen LogP contribution in [0.25, 0.3) is 0 Å². The highest BCUT2D eigenvalue weighted by Crippen LogP contribution is 2.29. The van der Waals surface area contributed by atoms with Gasteiger partial charge in [0.25, 0.3) is 0 Å². The van der Waals surface area contributed by atoms with Crippen LogP contribution in [0.2, 0.25) is 0 Å². The third-order valence-electron chi connectivity index (χ3n) is 3.86. The summed E-state index contributed by atoms with van der Waals surface area (Å²) in [4.78, 5) is 2.39. The van der Waals surface area contributed by atoms with E-state index in [-0.39, 0.29) is 0 Å². The Morgan fingerprint density at radius 2 is 1.69 bits per heavy atom. The number of nitrogens with one attached hydrogen (secondary N) is 1. The first-order valence-electron chi connectivity index (χ1n) is 6.89. The zero-order chi connectivity index (χ0) is 12.0. The number of piperidine rings is 1. The van der Waals surface area contributed by atoms with Crippen molar-refractivity contribution >= 4 is 0 Å². The fourth-order valence-electron chi connectivity index (χ4n) is 2.45. The standard InChI is InChI=1S/C8H17N.C6H13N/c1-8(2,3)7-4-5-9-6-7;1-7-5-3-2-4-6-7/h7,9H,4-6H2,1-3H3;2-6H2,1H3. The molecule has 2 heterocycles. The second-order valence-electron chi connectivity index (χ2n) is 6.42. The van der Waals surface area contributed by atoms with Gasteiger partial charge >= 0.3 is 0 Å². The Balaban J connectivity index is 0.000000165. The van der Waals surface area contributed by atoms with Crippen molar-refractivity contribution in [3.8, 4) is 0 Å². The van der Waals surface area contributed by atoms with Gasteiger partial charge in [0.2, 0.25) is 0 Å². The van der Waals surface area contributed by atoms with E-state index in [4.69, 9.17) is 0 Å². The van der Waals surface area contributed by atoms with Gasteiger partial charge in [-0.1, -0.05) is 27.2 Å². The van der Waals surface area contributed by atoms with Gasteiger partial charge in [-0.3, -0.25) is 0 Å². The van der Waals surface area contributed by atoms with E-state index in [1.165, 1.54) is 51.9 Å². The average Bonchev–Trinajstić information content (AvgIpc) is 2.71. The van der Waals surface area contributed by atoms with Crippen molar-refractivity contribution in [2.45, 2.75) is 46.5 Å². The van der Waals surface area contributed by atoms with Gasteiger partial charge in [0.15, 0.2) is 0 Å². The molecule has 0 aromatic carbocycles. The molecular weight excluding hydrogens is 196 g/mol. The molecule has 2 saturated heterocycles. The molecule has 2 fully saturated rings. The molecule has 2 aliphatic rings. The normalized spacial score (nSPS) is 27.4. The maximum absolute atomic E-state index is 3.38. The summed E-state index contributed by atoms with van der Waals surface area (Å²) in [6.07, 6.45) is 5.64. The van der Waals surface area contributed by atoms with Crippen LogP contribution >= 0.6 is 0 Å². The van der Waals surface area contributed by atoms with Gasteiger partial charge in [-0.05, 0) is 63.8 Å². The summed E-state index contributed by atoms with van der Waals surface area (Å²) in [5.74, 6) is 0.900. The average molecular weight is 226 g/mol. The van der Waals surface area contributed by atoms with Crippen LogP contribution < -0.4 is 5.32 Å². The number of rotatable bonds is 0. The number of likely N-dealkylation sites (tertiary alicyclic amines) is 1. The molecule has 2 rings (SSSR count). The van der Waals surface area contributed by atoms with Crippen molar-refractivity contribution in [3.05, 3.63) is 0 Å². The smallest absolute Gasteiger partial charge is 0.00150 e. The summed E-state index contributed by atoms with van der Waals surface area (Å²) in [6, 6.07) is 0. The lowest BCUT2D eigenvalue weighted by Gasteiger charge is -2.25. The molecule has 2 aliphatic heterocycles. The molecule has 2 nitrogen and oxygen atoms in total. The lowest BCUT2D eigenvalue weighted by molar-refractivity contribution is 0.261. The van der Waals surface area contributed by atoms with E-state index >= 15 is 0 Å². The Kier molecular flexibility index (Phi) is 5.77. The van der Waals surface area contributed by atoms with Crippen LogP contribution in [-0.2, 0) is 0 Å². The van der Waals surface area contributed by atoms with Crippen molar-refractivity contribution < 1.29 is 0 Å². The van der Waals surface area contributed by atoms with Crippen LogP contribution in [0.1, 0.15) is 46.5 Å². The molecule has 0 spiro atoms. The van der Waals surface area contributed by atoms with Crippen molar-refractivity contribution in [2.75, 3.05) is 33.2 Å². The molecule has 0 aromatic rings. The van der Waals surface area contributed by atoms with Crippen LogP contribution in [0.4, 0.5) is 0 Å². The highest BCUT2D eigenvalue weighted by atomic mass is 15.1. The van der Waals surface area contributed by atoms with E-state index in [0.29, 0.717) is 5.41 Å². The molecule has 0 bridgehead atoms. The van der Waals surface area contributed by atoms with Gasteiger partial charge < -0.3 is 10.2 Å². The summed E-state index contributed by atoms with van der Waals surface area (Å²) in [5.41, 5.74) is 0.517. The third kappa shape index (κ3) is 5.31. The summed E-state index contributed by atoms with van der Waals surface area (Å²) in [6.45, 7) is 12.1. The quantitative estimate of drug-likeness (QED) is 0.683. The maximum atomic E-state index is 3.38. The van der Waals surface area contributed by atoms with Crippen molar-refractivity contribution in [1.82, 2.24) is 10.2 Å². The fourth-order valence-corrected chi connectivity index (χ4v) is 2.45. The van der Waals surface area contributed by atoms with Gasteiger partial charge in [0, 0.05) is 0 Å². The third-order valence-corrected chi connectivity index (χ3v) is 3.86. The van der Waals surface area contributed by atoms with Crippen molar-refractivity contribution in [3.63, 3.8) is 0 Å². The minimum Gasteiger partial charge on any atom is -0.316 e. The van der Waals surface area contributed by atoms with E-state index in [1.54, 1.807) is 0 Å². The van der Waals surface area contributed by atoms with Crippen LogP contribution in [0.5, 0.6) is 0 Å². The molecule has 0 aromatic heterocycles. The Labute approximate surface area is 102 Å². The van der Waals surface area contributed by atoms with Gasteiger partial charge in [0.1, 0.15) is 0 Å². The number of hydrogen-bond donors (Lipinski definition) is 1. The van der Waals surface area contributed by atoms with Crippen LogP contribution in [0.15, 0.2) is 0 Å². The molecular formula is C14H30N2. The minimum absolute atomic E-state index is 0.517. The minimum atomic E-state index is 0.517. The van der Waals surface area contributed by atoms with Crippen molar-refractivity contribution in [2.24, 2.45) is 11.3 Å². The molecule has 0 saturated carbocycles. The predicted octanol–water partition coefficient (Wildman–Crippen LogP) is 2.74. The maximum Gasteiger partial charge on any atom is -0.00150 e. The largest absolute Gasteiger partial charge is 0.316 e. The molecule has 2 heteroatoms. The number of nitrogens with zero attached hydrogens (tertiary/aromatic N) is 1. The molecule has 1 atom stereocenters. The Morgan fingerprint density at radius 3 is 1.94 bits per heavy atom. The van der Waals surface area contributed by atoms with E-state index in [1.807, 2.05) is 0 Å². The van der Waals surface area contributed by atoms with Gasteiger partial charge in [0.05, 0.1) is 0 Å². The molecule has 16 heavy (non-hydrogen) atoms. The summed E-state index contributed by atoms with van der Waals surface area (Å²) >= 11 is 0. The Bertz CT molecular complexity index is 172. The SMILES string of the molecule is CC(C)(C)C1CCNC1.CN1CCCCC1. The highest BCUT2D eigenvalue weighted by molar-refractivity contribution is 4.80.